The average Bonchev–Trinajstić information content (AvgIpc) is 2.90. The molecule has 8 heteroatoms. The van der Waals surface area contributed by atoms with E-state index in [4.69, 9.17) is 4.52 Å². The van der Waals surface area contributed by atoms with Gasteiger partial charge in [-0.25, -0.2) is 8.42 Å². The van der Waals surface area contributed by atoms with Crippen LogP contribution < -0.4 is 9.62 Å². The van der Waals surface area contributed by atoms with Crippen LogP contribution in [0.2, 0.25) is 0 Å². The van der Waals surface area contributed by atoms with Crippen LogP contribution in [0.3, 0.4) is 0 Å². The molecule has 2 aromatic rings. The lowest BCUT2D eigenvalue weighted by Gasteiger charge is -2.12. The normalized spacial score (nSPS) is 14.3. The summed E-state index contributed by atoms with van der Waals surface area (Å²) < 4.78 is 32.3. The minimum atomic E-state index is -3.78. The Morgan fingerprint density at radius 1 is 1.32 bits per heavy atom. The summed E-state index contributed by atoms with van der Waals surface area (Å²) >= 11 is 0. The second-order valence-electron chi connectivity index (χ2n) is 5.23. The van der Waals surface area contributed by atoms with Crippen molar-refractivity contribution < 1.29 is 17.7 Å². The number of anilines is 2. The summed E-state index contributed by atoms with van der Waals surface area (Å²) in [6.07, 6.45) is 0.271. The van der Waals surface area contributed by atoms with Crippen LogP contribution in [-0.2, 0) is 21.2 Å². The van der Waals surface area contributed by atoms with Gasteiger partial charge in [-0.1, -0.05) is 5.16 Å². The van der Waals surface area contributed by atoms with E-state index in [2.05, 4.69) is 9.88 Å². The Morgan fingerprint density at radius 3 is 2.68 bits per heavy atom. The summed E-state index contributed by atoms with van der Waals surface area (Å²) in [5.74, 6) is 0.224. The van der Waals surface area contributed by atoms with Crippen molar-refractivity contribution in [2.24, 2.45) is 0 Å². The van der Waals surface area contributed by atoms with E-state index in [0.717, 1.165) is 11.3 Å². The number of aryl methyl sites for hydroxylation is 2. The van der Waals surface area contributed by atoms with Crippen molar-refractivity contribution in [1.82, 2.24) is 5.16 Å². The van der Waals surface area contributed by atoms with Crippen molar-refractivity contribution in [2.75, 3.05) is 16.7 Å². The first-order valence-electron chi connectivity index (χ1n) is 6.65. The predicted octanol–water partition coefficient (Wildman–Crippen LogP) is 1.61. The lowest BCUT2D eigenvalue weighted by molar-refractivity contribution is -0.117. The Kier molecular flexibility index (Phi) is 3.21. The van der Waals surface area contributed by atoms with Gasteiger partial charge in [0, 0.05) is 18.4 Å². The van der Waals surface area contributed by atoms with Crippen molar-refractivity contribution in [3.05, 3.63) is 35.2 Å². The van der Waals surface area contributed by atoms with Crippen LogP contribution in [0, 0.1) is 13.8 Å². The van der Waals surface area contributed by atoms with Crippen molar-refractivity contribution in [2.45, 2.75) is 25.2 Å². The molecule has 0 saturated carbocycles. The topological polar surface area (TPSA) is 92.5 Å². The van der Waals surface area contributed by atoms with E-state index in [9.17, 15) is 13.2 Å². The molecule has 1 N–H and O–H groups in total. The fourth-order valence-electron chi connectivity index (χ4n) is 2.60. The van der Waals surface area contributed by atoms with Gasteiger partial charge in [0.1, 0.15) is 5.69 Å². The van der Waals surface area contributed by atoms with E-state index in [1.165, 1.54) is 0 Å². The molecule has 0 radical (unpaired) electrons. The summed E-state index contributed by atoms with van der Waals surface area (Å²) in [7, 11) is -2.08. The molecule has 0 spiro atoms. The van der Waals surface area contributed by atoms with Gasteiger partial charge in [0.05, 0.1) is 6.42 Å². The smallest absolute Gasteiger partial charge is 0.267 e. The third kappa shape index (κ3) is 2.25. The number of nitrogens with zero attached hydrogens (tertiary/aromatic N) is 2. The lowest BCUT2D eigenvalue weighted by atomic mass is 10.1. The van der Waals surface area contributed by atoms with Crippen molar-refractivity contribution in [3.8, 4) is 0 Å². The summed E-state index contributed by atoms with van der Waals surface area (Å²) in [5, 5.41) is 3.66. The zero-order valence-corrected chi connectivity index (χ0v) is 13.2. The van der Waals surface area contributed by atoms with E-state index in [1.807, 2.05) is 0 Å². The van der Waals surface area contributed by atoms with Gasteiger partial charge in [0.25, 0.3) is 10.0 Å². The van der Waals surface area contributed by atoms with E-state index in [-0.39, 0.29) is 23.0 Å². The SMILES string of the molecule is Cc1noc(C)c1S(=O)(=O)Nc1ccc2c(c1)CC(=O)N2C. The molecule has 1 aliphatic rings. The molecule has 0 fully saturated rings. The fraction of sp³-hybridized carbons (Fsp3) is 0.286. The molecule has 116 valence electrons. The van der Waals surface area contributed by atoms with Crippen molar-refractivity contribution in [1.29, 1.82) is 0 Å². The number of benzene rings is 1. The minimum Gasteiger partial charge on any atom is -0.360 e. The number of carbonyl (C=O) groups excluding carboxylic acids is 1. The Hall–Kier alpha value is -2.35. The maximum atomic E-state index is 12.4. The molecule has 1 aromatic heterocycles. The predicted molar refractivity (Wildman–Crippen MR) is 80.3 cm³/mol. The monoisotopic (exact) mass is 321 g/mol. The van der Waals surface area contributed by atoms with Crippen LogP contribution in [0.5, 0.6) is 0 Å². The Bertz CT molecular complexity index is 851. The quantitative estimate of drug-likeness (QED) is 0.927. The van der Waals surface area contributed by atoms with Crippen LogP contribution in [0.4, 0.5) is 11.4 Å². The fourth-order valence-corrected chi connectivity index (χ4v) is 3.98. The van der Waals surface area contributed by atoms with Gasteiger partial charge in [-0.05, 0) is 37.6 Å². The Morgan fingerprint density at radius 2 is 2.05 bits per heavy atom. The maximum Gasteiger partial charge on any atom is 0.267 e. The summed E-state index contributed by atoms with van der Waals surface area (Å²) in [5.41, 5.74) is 2.31. The molecule has 1 aliphatic heterocycles. The van der Waals surface area contributed by atoms with Gasteiger partial charge in [0.15, 0.2) is 10.7 Å². The van der Waals surface area contributed by atoms with Crippen LogP contribution in [0.15, 0.2) is 27.6 Å². The van der Waals surface area contributed by atoms with Gasteiger partial charge >= 0.3 is 0 Å². The van der Waals surface area contributed by atoms with Gasteiger partial charge in [0.2, 0.25) is 5.91 Å². The third-order valence-corrected chi connectivity index (χ3v) is 5.27. The molecule has 0 unspecified atom stereocenters. The summed E-state index contributed by atoms with van der Waals surface area (Å²) in [6, 6.07) is 5.03. The largest absolute Gasteiger partial charge is 0.360 e. The molecular formula is C14H15N3O4S. The zero-order chi connectivity index (χ0) is 16.1. The second kappa shape index (κ2) is 4.84. The van der Waals surface area contributed by atoms with Crippen molar-refractivity contribution in [3.63, 3.8) is 0 Å². The second-order valence-corrected chi connectivity index (χ2v) is 6.85. The third-order valence-electron chi connectivity index (χ3n) is 3.65. The average molecular weight is 321 g/mol. The number of hydrogen-bond donors (Lipinski definition) is 1. The van der Waals surface area contributed by atoms with Crippen LogP contribution in [-0.4, -0.2) is 26.5 Å². The molecule has 0 bridgehead atoms. The molecule has 1 aromatic carbocycles. The number of nitrogens with one attached hydrogen (secondary N) is 1. The molecule has 22 heavy (non-hydrogen) atoms. The van der Waals surface area contributed by atoms with Gasteiger partial charge in [-0.15, -0.1) is 0 Å². The maximum absolute atomic E-state index is 12.4. The van der Waals surface area contributed by atoms with Gasteiger partial charge < -0.3 is 9.42 Å². The highest BCUT2D eigenvalue weighted by Crippen LogP contribution is 2.31. The number of rotatable bonds is 3. The van der Waals surface area contributed by atoms with Crippen molar-refractivity contribution >= 4 is 27.3 Å². The number of aromatic nitrogens is 1. The molecule has 3 rings (SSSR count). The van der Waals surface area contributed by atoms with Crippen LogP contribution in [0.1, 0.15) is 17.0 Å². The number of fused-ring (bicyclic) bond motifs is 1. The number of carbonyl (C=O) groups is 1. The molecule has 2 heterocycles. The van der Waals surface area contributed by atoms with Gasteiger partial charge in [-0.3, -0.25) is 9.52 Å². The summed E-state index contributed by atoms with van der Waals surface area (Å²) in [4.78, 5) is 13.3. The molecule has 0 atom stereocenters. The number of sulfonamides is 1. The lowest BCUT2D eigenvalue weighted by Crippen LogP contribution is -2.20. The molecule has 0 aliphatic carbocycles. The number of likely N-dealkylation sites (N-methyl/N-ethyl adjacent to an activating group) is 1. The molecule has 7 nitrogen and oxygen atoms in total. The first kappa shape index (κ1) is 14.6. The van der Waals surface area contributed by atoms with E-state index >= 15 is 0 Å². The van der Waals surface area contributed by atoms with E-state index in [0.29, 0.717) is 11.4 Å². The van der Waals surface area contributed by atoms with Gasteiger partial charge in [-0.2, -0.15) is 0 Å². The highest BCUT2D eigenvalue weighted by atomic mass is 32.2. The first-order valence-corrected chi connectivity index (χ1v) is 8.13. The van der Waals surface area contributed by atoms with E-state index in [1.54, 1.807) is 44.0 Å². The Labute approximate surface area is 128 Å². The molecular weight excluding hydrogens is 306 g/mol. The highest BCUT2D eigenvalue weighted by molar-refractivity contribution is 7.92. The minimum absolute atomic E-state index is 0.0132. The standard InChI is InChI=1S/C14H15N3O4S/c1-8-14(9(2)21-15-8)22(19,20)16-11-4-5-12-10(6-11)7-13(18)17(12)3/h4-6,16H,7H2,1-3H3. The number of hydrogen-bond acceptors (Lipinski definition) is 5. The Balaban J connectivity index is 1.95. The summed E-state index contributed by atoms with van der Waals surface area (Å²) in [6.45, 7) is 3.12. The molecule has 0 saturated heterocycles. The zero-order valence-electron chi connectivity index (χ0n) is 12.4. The van der Waals surface area contributed by atoms with Crippen LogP contribution >= 0.6 is 0 Å². The highest BCUT2D eigenvalue weighted by Gasteiger charge is 2.27. The number of amides is 1. The van der Waals surface area contributed by atoms with Crippen LogP contribution in [0.25, 0.3) is 0 Å². The first-order chi connectivity index (χ1) is 10.3. The van der Waals surface area contributed by atoms with E-state index < -0.39 is 10.0 Å². The molecule has 1 amide bonds.